The van der Waals surface area contributed by atoms with Crippen molar-refractivity contribution < 1.29 is 31.1 Å². The van der Waals surface area contributed by atoms with Crippen LogP contribution in [0.3, 0.4) is 0 Å². The fourth-order valence-corrected chi connectivity index (χ4v) is 3.86. The SMILES string of the molecule is O=C(c1cc(C(F)(F)F)cc(C(F)(F)F)c1)N1CCCC[C@H]1c1nccs1. The zero-order valence-electron chi connectivity index (χ0n) is 13.8. The average Bonchev–Trinajstić information content (AvgIpc) is 3.13. The second-order valence-electron chi connectivity index (χ2n) is 6.18. The minimum atomic E-state index is -4.99. The zero-order valence-corrected chi connectivity index (χ0v) is 14.6. The van der Waals surface area contributed by atoms with Crippen LogP contribution in [-0.2, 0) is 12.4 Å². The molecule has 146 valence electrons. The smallest absolute Gasteiger partial charge is 0.329 e. The Balaban J connectivity index is 2.02. The van der Waals surface area contributed by atoms with Crippen LogP contribution in [0.2, 0.25) is 0 Å². The van der Waals surface area contributed by atoms with E-state index in [-0.39, 0.29) is 12.6 Å². The minimum Gasteiger partial charge on any atom is -0.329 e. The highest BCUT2D eigenvalue weighted by Crippen LogP contribution is 2.38. The van der Waals surface area contributed by atoms with Gasteiger partial charge < -0.3 is 4.90 Å². The Hall–Kier alpha value is -2.10. The fraction of sp³-hybridized carbons (Fsp3) is 0.412. The number of carbonyl (C=O) groups is 1. The third-order valence-electron chi connectivity index (χ3n) is 4.33. The summed E-state index contributed by atoms with van der Waals surface area (Å²) >= 11 is 1.30. The number of nitrogens with zero attached hydrogens (tertiary/aromatic N) is 2. The van der Waals surface area contributed by atoms with Gasteiger partial charge in [0.25, 0.3) is 5.91 Å². The summed E-state index contributed by atoms with van der Waals surface area (Å²) in [5, 5.41) is 2.32. The van der Waals surface area contributed by atoms with Gasteiger partial charge in [-0.15, -0.1) is 11.3 Å². The second-order valence-corrected chi connectivity index (χ2v) is 7.10. The molecule has 1 aliphatic heterocycles. The molecule has 1 saturated heterocycles. The number of alkyl halides is 6. The van der Waals surface area contributed by atoms with Crippen molar-refractivity contribution >= 4 is 17.2 Å². The molecule has 3 nitrogen and oxygen atoms in total. The molecular formula is C17H14F6N2OS. The van der Waals surface area contributed by atoms with Gasteiger partial charge in [0.2, 0.25) is 0 Å². The topological polar surface area (TPSA) is 33.2 Å². The molecule has 0 radical (unpaired) electrons. The molecule has 1 aromatic heterocycles. The predicted octanol–water partition coefficient (Wildman–Crippen LogP) is 5.55. The molecule has 2 heterocycles. The lowest BCUT2D eigenvalue weighted by Crippen LogP contribution is -2.38. The van der Waals surface area contributed by atoms with Crippen molar-refractivity contribution in [2.75, 3.05) is 6.54 Å². The number of aromatic nitrogens is 1. The molecule has 0 aliphatic carbocycles. The van der Waals surface area contributed by atoms with Gasteiger partial charge in [-0.3, -0.25) is 4.79 Å². The monoisotopic (exact) mass is 408 g/mol. The summed E-state index contributed by atoms with van der Waals surface area (Å²) in [6, 6.07) is 0.525. The fourth-order valence-electron chi connectivity index (χ4n) is 3.07. The van der Waals surface area contributed by atoms with Gasteiger partial charge in [0, 0.05) is 23.7 Å². The molecule has 3 rings (SSSR count). The number of likely N-dealkylation sites (tertiary alicyclic amines) is 1. The average molecular weight is 408 g/mol. The number of halogens is 6. The van der Waals surface area contributed by atoms with Gasteiger partial charge in [-0.25, -0.2) is 4.98 Å². The van der Waals surface area contributed by atoms with Crippen LogP contribution >= 0.6 is 11.3 Å². The highest BCUT2D eigenvalue weighted by molar-refractivity contribution is 7.09. The lowest BCUT2D eigenvalue weighted by atomic mass is 9.99. The lowest BCUT2D eigenvalue weighted by molar-refractivity contribution is -0.143. The van der Waals surface area contributed by atoms with E-state index in [1.54, 1.807) is 11.6 Å². The van der Waals surface area contributed by atoms with Crippen molar-refractivity contribution in [3.05, 3.63) is 51.5 Å². The van der Waals surface area contributed by atoms with Crippen LogP contribution in [0.5, 0.6) is 0 Å². The van der Waals surface area contributed by atoms with Crippen LogP contribution in [0.4, 0.5) is 26.3 Å². The highest BCUT2D eigenvalue weighted by Gasteiger charge is 2.39. The number of amides is 1. The first-order chi connectivity index (χ1) is 12.6. The Morgan fingerprint density at radius 3 is 2.19 bits per heavy atom. The third kappa shape index (κ3) is 4.26. The first-order valence-corrected chi connectivity index (χ1v) is 8.95. The Morgan fingerprint density at radius 1 is 1.04 bits per heavy atom. The number of hydrogen-bond acceptors (Lipinski definition) is 3. The number of carbonyl (C=O) groups excluding carboxylic acids is 1. The van der Waals surface area contributed by atoms with Crippen LogP contribution in [0, 0.1) is 0 Å². The van der Waals surface area contributed by atoms with Crippen LogP contribution in [0.25, 0.3) is 0 Å². The van der Waals surface area contributed by atoms with E-state index >= 15 is 0 Å². The summed E-state index contributed by atoms with van der Waals surface area (Å²) in [6.07, 6.45) is -6.46. The Labute approximate surface area is 154 Å². The minimum absolute atomic E-state index is 0.0191. The van der Waals surface area contributed by atoms with Crippen LogP contribution in [-0.4, -0.2) is 22.3 Å². The van der Waals surface area contributed by atoms with E-state index in [0.29, 0.717) is 30.0 Å². The zero-order chi connectivity index (χ0) is 19.8. The maximum absolute atomic E-state index is 13.0. The summed E-state index contributed by atoms with van der Waals surface area (Å²) in [6.45, 7) is 0.251. The largest absolute Gasteiger partial charge is 0.416 e. The maximum atomic E-state index is 13.0. The summed E-state index contributed by atoms with van der Waals surface area (Å²) in [7, 11) is 0. The summed E-state index contributed by atoms with van der Waals surface area (Å²) in [4.78, 5) is 18.3. The van der Waals surface area contributed by atoms with Crippen LogP contribution < -0.4 is 0 Å². The van der Waals surface area contributed by atoms with Crippen LogP contribution in [0.1, 0.15) is 51.8 Å². The molecule has 1 fully saturated rings. The molecule has 1 aliphatic rings. The van der Waals surface area contributed by atoms with E-state index < -0.39 is 41.0 Å². The molecule has 0 saturated carbocycles. The molecule has 10 heteroatoms. The number of hydrogen-bond donors (Lipinski definition) is 0. The Bertz CT molecular complexity index is 784. The molecule has 1 amide bonds. The van der Waals surface area contributed by atoms with Crippen molar-refractivity contribution in [3.8, 4) is 0 Å². The molecule has 2 aromatic rings. The highest BCUT2D eigenvalue weighted by atomic mass is 32.1. The molecule has 0 unspecified atom stereocenters. The number of thiazole rings is 1. The molecule has 0 spiro atoms. The van der Waals surface area contributed by atoms with Crippen LogP contribution in [0.15, 0.2) is 29.8 Å². The molecular weight excluding hydrogens is 394 g/mol. The van der Waals surface area contributed by atoms with E-state index in [1.165, 1.54) is 16.2 Å². The molecule has 27 heavy (non-hydrogen) atoms. The van der Waals surface area contributed by atoms with E-state index in [2.05, 4.69) is 4.98 Å². The van der Waals surface area contributed by atoms with Gasteiger partial charge in [0.05, 0.1) is 17.2 Å². The predicted molar refractivity (Wildman–Crippen MR) is 86.2 cm³/mol. The Morgan fingerprint density at radius 2 is 1.67 bits per heavy atom. The third-order valence-corrected chi connectivity index (χ3v) is 5.21. The van der Waals surface area contributed by atoms with E-state index in [1.807, 2.05) is 0 Å². The lowest BCUT2D eigenvalue weighted by Gasteiger charge is -2.34. The van der Waals surface area contributed by atoms with Crippen molar-refractivity contribution in [2.24, 2.45) is 0 Å². The van der Waals surface area contributed by atoms with Gasteiger partial charge >= 0.3 is 12.4 Å². The standard InChI is InChI=1S/C17H14F6N2OS/c18-16(19,20)11-7-10(8-12(9-11)17(21,22)23)15(26)25-5-2-1-3-13(25)14-24-4-6-27-14/h4,6-9,13H,1-3,5H2/t13-/m0/s1. The number of rotatable bonds is 2. The quantitative estimate of drug-likeness (QED) is 0.611. The first kappa shape index (κ1) is 19.7. The van der Waals surface area contributed by atoms with E-state index in [4.69, 9.17) is 0 Å². The second kappa shape index (κ2) is 7.14. The van der Waals surface area contributed by atoms with E-state index in [9.17, 15) is 31.1 Å². The number of benzene rings is 1. The normalized spacial score (nSPS) is 18.6. The van der Waals surface area contributed by atoms with Crippen molar-refractivity contribution in [2.45, 2.75) is 37.7 Å². The summed E-state index contributed by atoms with van der Waals surface area (Å²) in [5.74, 6) is -0.855. The van der Waals surface area contributed by atoms with Gasteiger partial charge in [0.15, 0.2) is 0 Å². The Kier molecular flexibility index (Phi) is 5.20. The van der Waals surface area contributed by atoms with Gasteiger partial charge in [-0.2, -0.15) is 26.3 Å². The summed E-state index contributed by atoms with van der Waals surface area (Å²) in [5.41, 5.74) is -3.62. The van der Waals surface area contributed by atoms with Gasteiger partial charge in [0.1, 0.15) is 5.01 Å². The van der Waals surface area contributed by atoms with Crippen molar-refractivity contribution in [1.82, 2.24) is 9.88 Å². The molecule has 0 N–H and O–H groups in total. The molecule has 0 bridgehead atoms. The summed E-state index contributed by atoms with van der Waals surface area (Å²) < 4.78 is 78.2. The van der Waals surface area contributed by atoms with E-state index in [0.717, 1.165) is 6.42 Å². The first-order valence-electron chi connectivity index (χ1n) is 8.07. The van der Waals surface area contributed by atoms with Crippen molar-refractivity contribution in [3.63, 3.8) is 0 Å². The maximum Gasteiger partial charge on any atom is 0.416 e. The van der Waals surface area contributed by atoms with Gasteiger partial charge in [-0.05, 0) is 37.5 Å². The number of piperidine rings is 1. The molecule has 1 aromatic carbocycles. The molecule has 1 atom stereocenters. The van der Waals surface area contributed by atoms with Gasteiger partial charge in [-0.1, -0.05) is 0 Å². The van der Waals surface area contributed by atoms with Crippen molar-refractivity contribution in [1.29, 1.82) is 0 Å².